The number of aryl methyl sites for hydroxylation is 1. The van der Waals surface area contributed by atoms with Crippen LogP contribution in [0.4, 0.5) is 8.78 Å². The van der Waals surface area contributed by atoms with E-state index < -0.39 is 29.2 Å². The number of hydrogen-bond acceptors (Lipinski definition) is 2. The maximum absolute atomic E-state index is 13.8. The highest BCUT2D eigenvalue weighted by atomic mass is 35.5. The van der Waals surface area contributed by atoms with Gasteiger partial charge in [-0.2, -0.15) is 0 Å². The standard InChI is InChI=1S/C13H19F2NO.ClH/c1-7-5-6-8(14)9(10(7)15)11(16)12(17)13(2,3)4;/h5-6,11-12,17H,16H2,1-4H3;1H/t11-,12-;/m0./s1. The summed E-state index contributed by atoms with van der Waals surface area (Å²) in [5, 5.41) is 9.99. The molecule has 0 aromatic heterocycles. The van der Waals surface area contributed by atoms with Crippen molar-refractivity contribution in [3.05, 3.63) is 34.9 Å². The summed E-state index contributed by atoms with van der Waals surface area (Å²) in [6.07, 6.45) is -1.02. The normalized spacial score (nSPS) is 14.9. The van der Waals surface area contributed by atoms with E-state index in [0.717, 1.165) is 0 Å². The summed E-state index contributed by atoms with van der Waals surface area (Å²) in [5.74, 6) is -1.40. The molecule has 0 heterocycles. The van der Waals surface area contributed by atoms with E-state index in [-0.39, 0.29) is 18.0 Å². The summed E-state index contributed by atoms with van der Waals surface area (Å²) >= 11 is 0. The Bertz CT molecular complexity index is 418. The van der Waals surface area contributed by atoms with Crippen LogP contribution in [0.5, 0.6) is 0 Å². The molecule has 0 aliphatic heterocycles. The maximum atomic E-state index is 13.8. The second-order valence-corrected chi connectivity index (χ2v) is 5.43. The molecule has 1 aromatic rings. The van der Waals surface area contributed by atoms with Crippen LogP contribution in [-0.2, 0) is 0 Å². The van der Waals surface area contributed by atoms with Crippen molar-refractivity contribution in [3.8, 4) is 0 Å². The van der Waals surface area contributed by atoms with Crippen LogP contribution in [0.1, 0.15) is 37.9 Å². The van der Waals surface area contributed by atoms with Gasteiger partial charge in [-0.15, -0.1) is 12.4 Å². The largest absolute Gasteiger partial charge is 0.391 e. The fourth-order valence-electron chi connectivity index (χ4n) is 1.68. The van der Waals surface area contributed by atoms with Gasteiger partial charge < -0.3 is 10.8 Å². The third kappa shape index (κ3) is 3.40. The van der Waals surface area contributed by atoms with Gasteiger partial charge in [0.1, 0.15) is 11.6 Å². The van der Waals surface area contributed by atoms with Crippen molar-refractivity contribution in [2.24, 2.45) is 11.1 Å². The molecule has 0 aliphatic carbocycles. The molecule has 0 saturated heterocycles. The summed E-state index contributed by atoms with van der Waals surface area (Å²) in [6.45, 7) is 6.84. The SMILES string of the molecule is Cc1ccc(F)c([C@H](N)[C@H](O)C(C)(C)C)c1F.Cl. The molecule has 1 rings (SSSR count). The highest BCUT2D eigenvalue weighted by Crippen LogP contribution is 2.31. The van der Waals surface area contributed by atoms with Crippen molar-refractivity contribution in [1.29, 1.82) is 0 Å². The Kier molecular flexibility index (Phi) is 5.72. The molecular weight excluding hydrogens is 260 g/mol. The molecule has 2 nitrogen and oxygen atoms in total. The number of nitrogens with two attached hydrogens (primary N) is 1. The molecule has 0 bridgehead atoms. The van der Waals surface area contributed by atoms with E-state index >= 15 is 0 Å². The first kappa shape index (κ1) is 17.3. The molecule has 18 heavy (non-hydrogen) atoms. The zero-order valence-corrected chi connectivity index (χ0v) is 11.8. The lowest BCUT2D eigenvalue weighted by Gasteiger charge is -2.31. The van der Waals surface area contributed by atoms with E-state index in [1.165, 1.54) is 19.1 Å². The van der Waals surface area contributed by atoms with Crippen LogP contribution in [0, 0.1) is 24.0 Å². The van der Waals surface area contributed by atoms with Gasteiger partial charge in [0.25, 0.3) is 0 Å². The Morgan fingerprint density at radius 2 is 1.72 bits per heavy atom. The average Bonchev–Trinajstić information content (AvgIpc) is 2.21. The van der Waals surface area contributed by atoms with E-state index in [4.69, 9.17) is 5.73 Å². The van der Waals surface area contributed by atoms with E-state index in [2.05, 4.69) is 0 Å². The third-order valence-corrected chi connectivity index (χ3v) is 2.88. The first-order chi connectivity index (χ1) is 7.66. The molecule has 0 fully saturated rings. The molecule has 104 valence electrons. The summed E-state index contributed by atoms with van der Waals surface area (Å²) in [4.78, 5) is 0. The van der Waals surface area contributed by atoms with Crippen LogP contribution >= 0.6 is 12.4 Å². The molecule has 1 aromatic carbocycles. The molecule has 0 radical (unpaired) electrons. The molecule has 0 unspecified atom stereocenters. The van der Waals surface area contributed by atoms with Gasteiger partial charge in [0.2, 0.25) is 0 Å². The predicted molar refractivity (Wildman–Crippen MR) is 70.7 cm³/mol. The van der Waals surface area contributed by atoms with Gasteiger partial charge in [-0.25, -0.2) is 8.78 Å². The first-order valence-electron chi connectivity index (χ1n) is 5.54. The van der Waals surface area contributed by atoms with Crippen LogP contribution in [-0.4, -0.2) is 11.2 Å². The monoisotopic (exact) mass is 279 g/mol. The lowest BCUT2D eigenvalue weighted by Crippen LogP contribution is -2.38. The van der Waals surface area contributed by atoms with Crippen LogP contribution < -0.4 is 5.73 Å². The Labute approximate surface area is 113 Å². The van der Waals surface area contributed by atoms with Crippen molar-refractivity contribution < 1.29 is 13.9 Å². The highest BCUT2D eigenvalue weighted by molar-refractivity contribution is 5.85. The minimum absolute atomic E-state index is 0. The number of aliphatic hydroxyl groups is 1. The molecule has 0 spiro atoms. The summed E-state index contributed by atoms with van der Waals surface area (Å²) < 4.78 is 27.4. The fraction of sp³-hybridized carbons (Fsp3) is 0.538. The van der Waals surface area contributed by atoms with Gasteiger partial charge in [0.05, 0.1) is 12.1 Å². The smallest absolute Gasteiger partial charge is 0.133 e. The molecule has 2 atom stereocenters. The van der Waals surface area contributed by atoms with Gasteiger partial charge >= 0.3 is 0 Å². The van der Waals surface area contributed by atoms with Crippen molar-refractivity contribution >= 4 is 12.4 Å². The van der Waals surface area contributed by atoms with Crippen LogP contribution in [0.2, 0.25) is 0 Å². The number of rotatable bonds is 2. The minimum atomic E-state index is -1.07. The van der Waals surface area contributed by atoms with E-state index in [0.29, 0.717) is 5.56 Å². The van der Waals surface area contributed by atoms with E-state index in [1.54, 1.807) is 20.8 Å². The van der Waals surface area contributed by atoms with Crippen molar-refractivity contribution in [2.75, 3.05) is 0 Å². The fourth-order valence-corrected chi connectivity index (χ4v) is 1.68. The topological polar surface area (TPSA) is 46.2 Å². The van der Waals surface area contributed by atoms with Crippen molar-refractivity contribution in [2.45, 2.75) is 39.8 Å². The van der Waals surface area contributed by atoms with Gasteiger partial charge in [-0.3, -0.25) is 0 Å². The first-order valence-corrected chi connectivity index (χ1v) is 5.54. The summed E-state index contributed by atoms with van der Waals surface area (Å²) in [6, 6.07) is 1.45. The summed E-state index contributed by atoms with van der Waals surface area (Å²) in [7, 11) is 0. The minimum Gasteiger partial charge on any atom is -0.391 e. The quantitative estimate of drug-likeness (QED) is 0.874. The molecule has 0 aliphatic rings. The Morgan fingerprint density at radius 3 is 2.17 bits per heavy atom. The molecule has 0 amide bonds. The molecule has 5 heteroatoms. The number of benzene rings is 1. The Hall–Kier alpha value is -0.710. The highest BCUT2D eigenvalue weighted by Gasteiger charge is 2.32. The summed E-state index contributed by atoms with van der Waals surface area (Å²) in [5.41, 5.74) is 5.30. The third-order valence-electron chi connectivity index (χ3n) is 2.88. The zero-order valence-electron chi connectivity index (χ0n) is 11.0. The van der Waals surface area contributed by atoms with Crippen LogP contribution in [0.15, 0.2) is 12.1 Å². The van der Waals surface area contributed by atoms with Gasteiger partial charge in [0.15, 0.2) is 0 Å². The maximum Gasteiger partial charge on any atom is 0.133 e. The van der Waals surface area contributed by atoms with Crippen molar-refractivity contribution in [1.82, 2.24) is 0 Å². The Balaban J connectivity index is 0.00000289. The molecule has 3 N–H and O–H groups in total. The second-order valence-electron chi connectivity index (χ2n) is 5.43. The molecule has 0 saturated carbocycles. The van der Waals surface area contributed by atoms with E-state index in [1.807, 2.05) is 0 Å². The predicted octanol–water partition coefficient (Wildman–Crippen LogP) is 3.10. The Morgan fingerprint density at radius 1 is 1.22 bits per heavy atom. The zero-order chi connectivity index (χ0) is 13.4. The average molecular weight is 280 g/mol. The van der Waals surface area contributed by atoms with E-state index in [9.17, 15) is 13.9 Å². The van der Waals surface area contributed by atoms with Gasteiger partial charge in [-0.05, 0) is 24.0 Å². The second kappa shape index (κ2) is 5.95. The van der Waals surface area contributed by atoms with Crippen molar-refractivity contribution in [3.63, 3.8) is 0 Å². The number of hydrogen-bond donors (Lipinski definition) is 2. The number of halogens is 3. The lowest BCUT2D eigenvalue weighted by molar-refractivity contribution is 0.0381. The lowest BCUT2D eigenvalue weighted by atomic mass is 9.82. The van der Waals surface area contributed by atoms with Gasteiger partial charge in [-0.1, -0.05) is 26.8 Å². The van der Waals surface area contributed by atoms with Gasteiger partial charge in [0, 0.05) is 5.56 Å². The van der Waals surface area contributed by atoms with Crippen LogP contribution in [0.3, 0.4) is 0 Å². The number of aliphatic hydroxyl groups excluding tert-OH is 1. The molecular formula is C13H20ClF2NO. The van der Waals surface area contributed by atoms with Crippen LogP contribution in [0.25, 0.3) is 0 Å².